The predicted molar refractivity (Wildman–Crippen MR) is 75.2 cm³/mol. The number of nitrogens with two attached hydrogens (primary N) is 2. The van der Waals surface area contributed by atoms with Crippen LogP contribution in [0.4, 0.5) is 0 Å². The molecule has 0 saturated heterocycles. The van der Waals surface area contributed by atoms with E-state index < -0.39 is 0 Å². The highest BCUT2D eigenvalue weighted by molar-refractivity contribution is 5.99. The fourth-order valence-corrected chi connectivity index (χ4v) is 1.03. The Kier molecular flexibility index (Phi) is 12.9. The summed E-state index contributed by atoms with van der Waals surface area (Å²) in [4.78, 5) is 0. The van der Waals surface area contributed by atoms with E-state index in [2.05, 4.69) is 5.10 Å². The van der Waals surface area contributed by atoms with Gasteiger partial charge >= 0.3 is 0 Å². The molecular weight excluding hydrogens is 214 g/mol. The smallest absolute Gasteiger partial charge is 0.154 e. The Morgan fingerprint density at radius 1 is 1.18 bits per heavy atom. The lowest BCUT2D eigenvalue weighted by Gasteiger charge is -2.07. The van der Waals surface area contributed by atoms with Crippen molar-refractivity contribution in [2.45, 2.75) is 34.6 Å². The summed E-state index contributed by atoms with van der Waals surface area (Å²) in [6.45, 7) is 10.5. The minimum absolute atomic E-state index is 0.282. The maximum absolute atomic E-state index is 5.57. The standard InChI is InChI=1S/C9H13N3O.2C2H6/c1-2-13-8-6-4-3-5-7(8)9(10)12-11;2*1-2/h3-6H,2,11H2,1H3,(H2,10,12);2*1-2H3. The minimum Gasteiger partial charge on any atom is -0.493 e. The Labute approximate surface area is 105 Å². The van der Waals surface area contributed by atoms with Gasteiger partial charge in [-0.15, -0.1) is 0 Å². The third kappa shape index (κ3) is 6.45. The number of ether oxygens (including phenoxy) is 1. The molecule has 0 radical (unpaired) electrons. The first-order valence-electron chi connectivity index (χ1n) is 6.05. The second-order valence-corrected chi connectivity index (χ2v) is 2.44. The van der Waals surface area contributed by atoms with Gasteiger partial charge in [-0.1, -0.05) is 39.8 Å². The Hall–Kier alpha value is -1.71. The SMILES string of the molecule is CC.CC.CCOc1ccccc1/C(N)=N/N. The number of hydrogen-bond acceptors (Lipinski definition) is 3. The van der Waals surface area contributed by atoms with Crippen LogP contribution in [0.15, 0.2) is 29.4 Å². The van der Waals surface area contributed by atoms with Crippen LogP contribution in [0.5, 0.6) is 5.75 Å². The first-order valence-corrected chi connectivity index (χ1v) is 6.05. The minimum atomic E-state index is 0.282. The van der Waals surface area contributed by atoms with Crippen molar-refractivity contribution < 1.29 is 4.74 Å². The molecule has 1 rings (SSSR count). The maximum atomic E-state index is 5.57. The monoisotopic (exact) mass is 239 g/mol. The molecule has 0 unspecified atom stereocenters. The summed E-state index contributed by atoms with van der Waals surface area (Å²) in [5.74, 6) is 6.06. The summed E-state index contributed by atoms with van der Waals surface area (Å²) in [7, 11) is 0. The number of para-hydroxylation sites is 1. The first-order chi connectivity index (χ1) is 8.29. The number of hydrogen-bond donors (Lipinski definition) is 2. The van der Waals surface area contributed by atoms with Crippen molar-refractivity contribution in [1.29, 1.82) is 0 Å². The second kappa shape index (κ2) is 12.4. The lowest BCUT2D eigenvalue weighted by Crippen LogP contribution is -2.16. The van der Waals surface area contributed by atoms with E-state index in [0.29, 0.717) is 12.4 Å². The Bertz CT molecular complexity index is 311. The van der Waals surface area contributed by atoms with Gasteiger partial charge in [0.05, 0.1) is 12.2 Å². The zero-order chi connectivity index (χ0) is 13.7. The summed E-state index contributed by atoms with van der Waals surface area (Å²) in [6, 6.07) is 7.38. The number of amidine groups is 1. The number of hydrazone groups is 1. The van der Waals surface area contributed by atoms with E-state index in [1.54, 1.807) is 0 Å². The van der Waals surface area contributed by atoms with Gasteiger partial charge in [0.2, 0.25) is 0 Å². The first kappa shape index (κ1) is 17.7. The molecule has 1 aromatic carbocycles. The van der Waals surface area contributed by atoms with Crippen LogP contribution in [0.2, 0.25) is 0 Å². The fraction of sp³-hybridized carbons (Fsp3) is 0.462. The molecule has 4 N–H and O–H groups in total. The highest BCUT2D eigenvalue weighted by Gasteiger charge is 2.05. The van der Waals surface area contributed by atoms with Gasteiger partial charge in [0.1, 0.15) is 5.75 Å². The van der Waals surface area contributed by atoms with E-state index in [-0.39, 0.29) is 5.84 Å². The predicted octanol–water partition coefficient (Wildman–Crippen LogP) is 2.72. The van der Waals surface area contributed by atoms with Crippen molar-refractivity contribution in [2.24, 2.45) is 16.7 Å². The molecule has 0 aliphatic carbocycles. The fourth-order valence-electron chi connectivity index (χ4n) is 1.03. The van der Waals surface area contributed by atoms with Gasteiger partial charge in [0.25, 0.3) is 0 Å². The Morgan fingerprint density at radius 2 is 1.71 bits per heavy atom. The topological polar surface area (TPSA) is 73.6 Å². The number of benzene rings is 1. The van der Waals surface area contributed by atoms with Crippen LogP contribution in [-0.4, -0.2) is 12.4 Å². The van der Waals surface area contributed by atoms with Gasteiger partial charge in [0.15, 0.2) is 5.84 Å². The molecule has 1 aromatic rings. The zero-order valence-corrected chi connectivity index (χ0v) is 11.5. The van der Waals surface area contributed by atoms with Crippen molar-refractivity contribution in [2.75, 3.05) is 6.61 Å². The molecule has 4 nitrogen and oxygen atoms in total. The van der Waals surface area contributed by atoms with Crippen LogP contribution in [0.25, 0.3) is 0 Å². The molecule has 0 atom stereocenters. The van der Waals surface area contributed by atoms with Gasteiger partial charge < -0.3 is 16.3 Å². The van der Waals surface area contributed by atoms with Gasteiger partial charge in [-0.25, -0.2) is 0 Å². The lowest BCUT2D eigenvalue weighted by atomic mass is 10.2. The van der Waals surface area contributed by atoms with Crippen molar-refractivity contribution in [3.63, 3.8) is 0 Å². The van der Waals surface area contributed by atoms with E-state index in [9.17, 15) is 0 Å². The summed E-state index contributed by atoms with van der Waals surface area (Å²) in [5.41, 5.74) is 6.30. The van der Waals surface area contributed by atoms with Gasteiger partial charge in [-0.2, -0.15) is 5.10 Å². The van der Waals surface area contributed by atoms with Crippen LogP contribution >= 0.6 is 0 Å². The van der Waals surface area contributed by atoms with Crippen LogP contribution in [0.1, 0.15) is 40.2 Å². The maximum Gasteiger partial charge on any atom is 0.154 e. The van der Waals surface area contributed by atoms with Crippen molar-refractivity contribution in [1.82, 2.24) is 0 Å². The summed E-state index contributed by atoms with van der Waals surface area (Å²) >= 11 is 0. The summed E-state index contributed by atoms with van der Waals surface area (Å²) < 4.78 is 5.34. The largest absolute Gasteiger partial charge is 0.493 e. The average Bonchev–Trinajstić information content (AvgIpc) is 2.43. The van der Waals surface area contributed by atoms with E-state index in [0.717, 1.165) is 5.56 Å². The normalized spacial score (nSPS) is 9.35. The molecule has 0 aromatic heterocycles. The van der Waals surface area contributed by atoms with Gasteiger partial charge in [-0.05, 0) is 19.1 Å². The molecule has 0 bridgehead atoms. The van der Waals surface area contributed by atoms with Gasteiger partial charge in [0, 0.05) is 0 Å². The zero-order valence-electron chi connectivity index (χ0n) is 11.5. The molecule has 0 aliphatic rings. The highest BCUT2D eigenvalue weighted by atomic mass is 16.5. The van der Waals surface area contributed by atoms with E-state index in [1.807, 2.05) is 58.9 Å². The van der Waals surface area contributed by atoms with Crippen LogP contribution in [-0.2, 0) is 0 Å². The van der Waals surface area contributed by atoms with Crippen LogP contribution in [0, 0.1) is 0 Å². The quantitative estimate of drug-likeness (QED) is 0.368. The highest BCUT2D eigenvalue weighted by Crippen LogP contribution is 2.16. The van der Waals surface area contributed by atoms with Gasteiger partial charge in [-0.3, -0.25) is 0 Å². The van der Waals surface area contributed by atoms with Crippen molar-refractivity contribution in [3.05, 3.63) is 29.8 Å². The summed E-state index contributed by atoms with van der Waals surface area (Å²) in [5, 5.41) is 3.42. The molecule has 98 valence electrons. The van der Waals surface area contributed by atoms with Crippen LogP contribution < -0.4 is 16.3 Å². The molecule has 4 heteroatoms. The second-order valence-electron chi connectivity index (χ2n) is 2.44. The number of nitrogens with zero attached hydrogens (tertiary/aromatic N) is 1. The lowest BCUT2D eigenvalue weighted by molar-refractivity contribution is 0.339. The van der Waals surface area contributed by atoms with Crippen molar-refractivity contribution in [3.8, 4) is 5.75 Å². The third-order valence-electron chi connectivity index (χ3n) is 1.60. The molecule has 0 amide bonds. The van der Waals surface area contributed by atoms with E-state index >= 15 is 0 Å². The molecule has 0 heterocycles. The Balaban J connectivity index is 0. The van der Waals surface area contributed by atoms with Crippen LogP contribution in [0.3, 0.4) is 0 Å². The van der Waals surface area contributed by atoms with E-state index in [1.165, 1.54) is 0 Å². The molecule has 17 heavy (non-hydrogen) atoms. The third-order valence-corrected chi connectivity index (χ3v) is 1.60. The molecule has 0 fully saturated rings. The van der Waals surface area contributed by atoms with Crippen molar-refractivity contribution >= 4 is 5.84 Å². The van der Waals surface area contributed by atoms with E-state index in [4.69, 9.17) is 16.3 Å². The number of rotatable bonds is 3. The Morgan fingerprint density at radius 3 is 2.18 bits per heavy atom. The molecule has 0 spiro atoms. The molecule has 0 aliphatic heterocycles. The molecule has 0 saturated carbocycles. The average molecular weight is 239 g/mol. The summed E-state index contributed by atoms with van der Waals surface area (Å²) in [6.07, 6.45) is 0. The molecular formula is C13H25N3O.